The number of amides is 1. The fourth-order valence-corrected chi connectivity index (χ4v) is 5.74. The van der Waals surface area contributed by atoms with E-state index in [2.05, 4.69) is 10.3 Å². The van der Waals surface area contributed by atoms with Crippen LogP contribution in [0.5, 0.6) is 0 Å². The lowest BCUT2D eigenvalue weighted by atomic mass is 9.82. The minimum Gasteiger partial charge on any atom is -0.352 e. The van der Waals surface area contributed by atoms with Crippen molar-refractivity contribution in [2.75, 3.05) is 0 Å². The molecule has 34 heavy (non-hydrogen) atoms. The number of imidazole rings is 1. The summed E-state index contributed by atoms with van der Waals surface area (Å²) >= 11 is 0. The topological polar surface area (TPSA) is 46.9 Å². The lowest BCUT2D eigenvalue weighted by Crippen LogP contribution is -2.43. The number of carbonyl (C=O) groups is 1. The molecule has 1 N–H and O–H groups in total. The zero-order valence-corrected chi connectivity index (χ0v) is 19.2. The third kappa shape index (κ3) is 4.44. The minimum atomic E-state index is -1.02. The quantitative estimate of drug-likeness (QED) is 0.452. The van der Waals surface area contributed by atoms with Crippen LogP contribution in [-0.2, 0) is 4.79 Å². The van der Waals surface area contributed by atoms with E-state index in [1.807, 2.05) is 0 Å². The lowest BCUT2D eigenvalue weighted by molar-refractivity contribution is -0.127. The molecule has 4 nitrogen and oxygen atoms in total. The van der Waals surface area contributed by atoms with Crippen LogP contribution < -0.4 is 5.32 Å². The number of fused-ring (bicyclic) bond motifs is 1. The predicted molar refractivity (Wildman–Crippen MR) is 126 cm³/mol. The average Bonchev–Trinajstić information content (AvgIpc) is 3.20. The molecule has 3 aromatic rings. The molecule has 1 aromatic heterocycles. The highest BCUT2D eigenvalue weighted by Gasteiger charge is 2.36. The van der Waals surface area contributed by atoms with Gasteiger partial charge in [-0.3, -0.25) is 4.79 Å². The Kier molecular flexibility index (Phi) is 6.61. The van der Waals surface area contributed by atoms with Crippen molar-refractivity contribution < 1.29 is 18.0 Å². The number of nitrogens with one attached hydrogen (secondary N) is 1. The number of benzene rings is 2. The molecular weight excluding hydrogens is 439 g/mol. The van der Waals surface area contributed by atoms with Crippen LogP contribution in [-0.4, -0.2) is 21.5 Å². The van der Waals surface area contributed by atoms with E-state index in [1.54, 1.807) is 4.57 Å². The van der Waals surface area contributed by atoms with Crippen molar-refractivity contribution in [3.05, 3.63) is 53.8 Å². The number of aromatic nitrogens is 2. The van der Waals surface area contributed by atoms with Gasteiger partial charge in [-0.25, -0.2) is 18.2 Å². The highest BCUT2D eigenvalue weighted by molar-refractivity contribution is 5.87. The summed E-state index contributed by atoms with van der Waals surface area (Å²) in [6.07, 6.45) is 10.0. The van der Waals surface area contributed by atoms with E-state index in [4.69, 9.17) is 0 Å². The van der Waals surface area contributed by atoms with Crippen LogP contribution in [0.25, 0.3) is 22.4 Å². The van der Waals surface area contributed by atoms with Gasteiger partial charge in [-0.15, -0.1) is 0 Å². The summed E-state index contributed by atoms with van der Waals surface area (Å²) in [7, 11) is 0. The Morgan fingerprint density at radius 1 is 0.941 bits per heavy atom. The smallest absolute Gasteiger partial charge is 0.243 e. The van der Waals surface area contributed by atoms with Gasteiger partial charge in [-0.2, -0.15) is 0 Å². The van der Waals surface area contributed by atoms with Crippen molar-refractivity contribution in [2.24, 2.45) is 5.92 Å². The molecule has 0 spiro atoms. The molecule has 0 radical (unpaired) electrons. The molecule has 180 valence electrons. The molecule has 5 rings (SSSR count). The normalized spacial score (nSPS) is 18.8. The van der Waals surface area contributed by atoms with Crippen LogP contribution in [0.15, 0.2) is 36.4 Å². The van der Waals surface area contributed by atoms with Crippen LogP contribution in [0.4, 0.5) is 13.2 Å². The molecule has 2 fully saturated rings. The first kappa shape index (κ1) is 22.9. The van der Waals surface area contributed by atoms with E-state index in [0.717, 1.165) is 63.9 Å². The second kappa shape index (κ2) is 9.80. The number of halogens is 3. The van der Waals surface area contributed by atoms with Crippen LogP contribution >= 0.6 is 0 Å². The predicted octanol–water partition coefficient (Wildman–Crippen LogP) is 6.69. The van der Waals surface area contributed by atoms with Gasteiger partial charge in [0.25, 0.3) is 0 Å². The van der Waals surface area contributed by atoms with Gasteiger partial charge in [0.15, 0.2) is 11.6 Å². The lowest BCUT2D eigenvalue weighted by Gasteiger charge is -2.33. The minimum absolute atomic E-state index is 0.00776. The second-order valence-electron chi connectivity index (χ2n) is 9.73. The number of nitrogens with zero attached hydrogens (tertiary/aromatic N) is 2. The van der Waals surface area contributed by atoms with Crippen molar-refractivity contribution in [3.63, 3.8) is 0 Å². The van der Waals surface area contributed by atoms with E-state index >= 15 is 0 Å². The van der Waals surface area contributed by atoms with Gasteiger partial charge in [0.05, 0.1) is 16.6 Å². The summed E-state index contributed by atoms with van der Waals surface area (Å²) in [4.78, 5) is 18.4. The molecule has 1 atom stereocenters. The van der Waals surface area contributed by atoms with E-state index in [0.29, 0.717) is 11.0 Å². The molecule has 2 aliphatic rings. The molecule has 0 bridgehead atoms. The van der Waals surface area contributed by atoms with Gasteiger partial charge in [0.1, 0.15) is 17.7 Å². The summed E-state index contributed by atoms with van der Waals surface area (Å²) in [5, 5.41) is 3.24. The summed E-state index contributed by atoms with van der Waals surface area (Å²) < 4.78 is 45.2. The van der Waals surface area contributed by atoms with Crippen LogP contribution in [0.1, 0.15) is 70.3 Å². The van der Waals surface area contributed by atoms with E-state index in [1.165, 1.54) is 36.8 Å². The third-order valence-electron chi connectivity index (χ3n) is 7.44. The molecule has 1 heterocycles. The highest BCUT2D eigenvalue weighted by Crippen LogP contribution is 2.39. The van der Waals surface area contributed by atoms with Crippen LogP contribution in [0.2, 0.25) is 0 Å². The first-order valence-electron chi connectivity index (χ1n) is 12.4. The van der Waals surface area contributed by atoms with Crippen LogP contribution in [0.3, 0.4) is 0 Å². The fourth-order valence-electron chi connectivity index (χ4n) is 5.74. The maximum Gasteiger partial charge on any atom is 0.243 e. The Bertz CT molecular complexity index is 1180. The first-order valence-corrected chi connectivity index (χ1v) is 12.4. The van der Waals surface area contributed by atoms with E-state index < -0.39 is 23.5 Å². The summed E-state index contributed by atoms with van der Waals surface area (Å²) in [5.41, 5.74) is 0.849. The molecule has 1 unspecified atom stereocenters. The summed E-state index contributed by atoms with van der Waals surface area (Å²) in [6.45, 7) is 0. The maximum atomic E-state index is 15.0. The molecular formula is C27H30F3N3O. The van der Waals surface area contributed by atoms with Gasteiger partial charge in [0, 0.05) is 6.04 Å². The van der Waals surface area contributed by atoms with Crippen molar-refractivity contribution in [1.29, 1.82) is 0 Å². The van der Waals surface area contributed by atoms with Gasteiger partial charge in [-0.05, 0) is 61.9 Å². The number of hydrogen-bond acceptors (Lipinski definition) is 2. The number of rotatable bonds is 5. The summed E-state index contributed by atoms with van der Waals surface area (Å²) in [6, 6.07) is 7.54. The Hall–Kier alpha value is -2.83. The summed E-state index contributed by atoms with van der Waals surface area (Å²) in [5.74, 6) is -2.44. The SMILES string of the molecule is O=C(NC1CCCCC1)C(C1CCCCC1)n1c(-c2cccc(F)c2F)nc2ccc(F)cc21. The molecule has 0 saturated heterocycles. The van der Waals surface area contributed by atoms with Gasteiger partial charge >= 0.3 is 0 Å². The van der Waals surface area contributed by atoms with Crippen molar-refractivity contribution in [3.8, 4) is 11.4 Å². The Balaban J connectivity index is 1.67. The zero-order chi connectivity index (χ0) is 23.7. The molecule has 7 heteroatoms. The molecule has 0 aliphatic heterocycles. The highest BCUT2D eigenvalue weighted by atomic mass is 19.2. The van der Waals surface area contributed by atoms with E-state index in [9.17, 15) is 18.0 Å². The van der Waals surface area contributed by atoms with Crippen molar-refractivity contribution >= 4 is 16.9 Å². The Morgan fingerprint density at radius 2 is 1.65 bits per heavy atom. The number of carbonyl (C=O) groups excluding carboxylic acids is 1. The standard InChI is InChI=1S/C27H30F3N3O/c28-18-14-15-22-23(16-18)33(26(32-22)20-12-7-13-21(29)24(20)30)25(17-8-3-1-4-9-17)27(34)31-19-10-5-2-6-11-19/h7,12-17,19,25H,1-6,8-11H2,(H,31,34). The fraction of sp³-hybridized carbons (Fsp3) is 0.481. The largest absolute Gasteiger partial charge is 0.352 e. The Labute approximate surface area is 197 Å². The monoisotopic (exact) mass is 469 g/mol. The Morgan fingerprint density at radius 3 is 2.38 bits per heavy atom. The molecule has 2 saturated carbocycles. The third-order valence-corrected chi connectivity index (χ3v) is 7.44. The average molecular weight is 470 g/mol. The first-order chi connectivity index (χ1) is 16.5. The molecule has 2 aromatic carbocycles. The van der Waals surface area contributed by atoms with Crippen molar-refractivity contribution in [2.45, 2.75) is 76.3 Å². The second-order valence-corrected chi connectivity index (χ2v) is 9.73. The van der Waals surface area contributed by atoms with Gasteiger partial charge in [-0.1, -0.05) is 44.6 Å². The molecule has 1 amide bonds. The zero-order valence-electron chi connectivity index (χ0n) is 19.2. The van der Waals surface area contributed by atoms with Gasteiger partial charge < -0.3 is 9.88 Å². The van der Waals surface area contributed by atoms with Crippen molar-refractivity contribution in [1.82, 2.24) is 14.9 Å². The number of hydrogen-bond donors (Lipinski definition) is 1. The maximum absolute atomic E-state index is 15.0. The van der Waals surface area contributed by atoms with Gasteiger partial charge in [0.2, 0.25) is 5.91 Å². The molecule has 2 aliphatic carbocycles. The van der Waals surface area contributed by atoms with E-state index in [-0.39, 0.29) is 29.3 Å². The van der Waals surface area contributed by atoms with Crippen LogP contribution in [0, 0.1) is 23.4 Å².